The molecule has 1 aliphatic heterocycles. The van der Waals surface area contributed by atoms with E-state index in [1.54, 1.807) is 6.07 Å². The predicted octanol–water partition coefficient (Wildman–Crippen LogP) is 2.49. The Morgan fingerprint density at radius 2 is 2.12 bits per heavy atom. The van der Waals surface area contributed by atoms with Crippen LogP contribution in [0.4, 0.5) is 5.69 Å². The van der Waals surface area contributed by atoms with Gasteiger partial charge in [-0.2, -0.15) is 0 Å². The van der Waals surface area contributed by atoms with Crippen LogP contribution in [-0.2, 0) is 0 Å². The molecule has 0 amide bonds. The average molecular weight is 301 g/mol. The van der Waals surface area contributed by atoms with Crippen LogP contribution in [0.15, 0.2) is 22.7 Å². The summed E-state index contributed by atoms with van der Waals surface area (Å²) in [5.74, 6) is 0.669. The van der Waals surface area contributed by atoms with Gasteiger partial charge >= 0.3 is 0 Å². The lowest BCUT2D eigenvalue weighted by Gasteiger charge is -2.24. The number of benzene rings is 1. The van der Waals surface area contributed by atoms with E-state index in [0.717, 1.165) is 25.9 Å². The Bertz CT molecular complexity index is 419. The highest BCUT2D eigenvalue weighted by molar-refractivity contribution is 9.10. The number of halogens is 1. The topological polar surface area (TPSA) is 64.4 Å². The van der Waals surface area contributed by atoms with Gasteiger partial charge in [-0.15, -0.1) is 0 Å². The molecule has 92 valence electrons. The Balaban J connectivity index is 2.08. The fraction of sp³-hybridized carbons (Fsp3) is 0.455. The molecule has 0 radical (unpaired) electrons. The van der Waals surface area contributed by atoms with Crippen molar-refractivity contribution in [2.45, 2.75) is 18.9 Å². The van der Waals surface area contributed by atoms with Gasteiger partial charge in [-0.05, 0) is 47.9 Å². The number of hydrogen-bond acceptors (Lipinski definition) is 4. The Morgan fingerprint density at radius 1 is 1.41 bits per heavy atom. The van der Waals surface area contributed by atoms with E-state index in [1.165, 1.54) is 12.1 Å². The van der Waals surface area contributed by atoms with E-state index in [0.29, 0.717) is 10.2 Å². The van der Waals surface area contributed by atoms with Crippen LogP contribution in [-0.4, -0.2) is 24.1 Å². The highest BCUT2D eigenvalue weighted by atomic mass is 79.9. The summed E-state index contributed by atoms with van der Waals surface area (Å²) in [5.41, 5.74) is 0.0644. The molecule has 1 aliphatic rings. The number of piperidine rings is 1. The average Bonchev–Trinajstić information content (AvgIpc) is 2.33. The summed E-state index contributed by atoms with van der Waals surface area (Å²) in [6.45, 7) is 1.91. The van der Waals surface area contributed by atoms with Crippen LogP contribution >= 0.6 is 15.9 Å². The standard InChI is InChI=1S/C11H13BrN2O3/c12-10-7-8(14(15)16)1-2-11(10)17-9-3-5-13-6-4-9/h1-2,7,9,13H,3-6H2. The number of nitro benzene ring substituents is 1. The van der Waals surface area contributed by atoms with Crippen molar-refractivity contribution in [3.8, 4) is 5.75 Å². The van der Waals surface area contributed by atoms with Gasteiger partial charge in [0.1, 0.15) is 11.9 Å². The number of nitrogens with zero attached hydrogens (tertiary/aromatic N) is 1. The van der Waals surface area contributed by atoms with Gasteiger partial charge in [-0.25, -0.2) is 0 Å². The van der Waals surface area contributed by atoms with Crippen molar-refractivity contribution < 1.29 is 9.66 Å². The summed E-state index contributed by atoms with van der Waals surface area (Å²) in [7, 11) is 0. The second-order valence-electron chi connectivity index (χ2n) is 3.94. The summed E-state index contributed by atoms with van der Waals surface area (Å²) in [6.07, 6.45) is 2.11. The van der Waals surface area contributed by atoms with Crippen molar-refractivity contribution in [2.75, 3.05) is 13.1 Å². The molecule has 0 aliphatic carbocycles. The summed E-state index contributed by atoms with van der Waals surface area (Å²) >= 11 is 3.30. The van der Waals surface area contributed by atoms with E-state index >= 15 is 0 Å². The van der Waals surface area contributed by atoms with Crippen LogP contribution in [0.1, 0.15) is 12.8 Å². The van der Waals surface area contributed by atoms with Crippen LogP contribution in [0.3, 0.4) is 0 Å². The van der Waals surface area contributed by atoms with E-state index < -0.39 is 4.92 Å². The second kappa shape index (κ2) is 5.46. The first-order chi connectivity index (χ1) is 8.16. The zero-order valence-electron chi connectivity index (χ0n) is 9.19. The van der Waals surface area contributed by atoms with Gasteiger partial charge in [0.2, 0.25) is 0 Å². The van der Waals surface area contributed by atoms with Crippen LogP contribution in [0.2, 0.25) is 0 Å². The maximum absolute atomic E-state index is 10.6. The normalized spacial score (nSPS) is 16.8. The van der Waals surface area contributed by atoms with Gasteiger partial charge in [0.05, 0.1) is 9.40 Å². The first-order valence-electron chi connectivity index (χ1n) is 5.48. The summed E-state index contributed by atoms with van der Waals surface area (Å²) in [5, 5.41) is 13.8. The Hall–Kier alpha value is -1.14. The Morgan fingerprint density at radius 3 is 2.71 bits per heavy atom. The molecule has 2 rings (SSSR count). The summed E-state index contributed by atoms with van der Waals surface area (Å²) in [6, 6.07) is 4.57. The molecule has 1 N–H and O–H groups in total. The molecule has 0 saturated carbocycles. The maximum Gasteiger partial charge on any atom is 0.270 e. The fourth-order valence-electron chi connectivity index (χ4n) is 1.79. The number of rotatable bonds is 3. The number of hydrogen-bond donors (Lipinski definition) is 1. The maximum atomic E-state index is 10.6. The van der Waals surface area contributed by atoms with Gasteiger partial charge in [0.25, 0.3) is 5.69 Å². The van der Waals surface area contributed by atoms with Crippen molar-refractivity contribution in [2.24, 2.45) is 0 Å². The quantitative estimate of drug-likeness (QED) is 0.688. The molecule has 17 heavy (non-hydrogen) atoms. The molecule has 0 atom stereocenters. The van der Waals surface area contributed by atoms with Crippen LogP contribution < -0.4 is 10.1 Å². The molecule has 1 heterocycles. The SMILES string of the molecule is O=[N+]([O-])c1ccc(OC2CCNCC2)c(Br)c1. The monoisotopic (exact) mass is 300 g/mol. The Kier molecular flexibility index (Phi) is 3.96. The van der Waals surface area contributed by atoms with E-state index in [9.17, 15) is 10.1 Å². The lowest BCUT2D eigenvalue weighted by molar-refractivity contribution is -0.385. The second-order valence-corrected chi connectivity index (χ2v) is 4.79. The van der Waals surface area contributed by atoms with Gasteiger partial charge in [-0.1, -0.05) is 0 Å². The van der Waals surface area contributed by atoms with Crippen LogP contribution in [0.5, 0.6) is 5.75 Å². The molecule has 0 unspecified atom stereocenters. The molecule has 5 nitrogen and oxygen atoms in total. The minimum atomic E-state index is -0.418. The third-order valence-corrected chi connectivity index (χ3v) is 3.33. The van der Waals surface area contributed by atoms with Crippen molar-refractivity contribution in [3.63, 3.8) is 0 Å². The smallest absolute Gasteiger partial charge is 0.270 e. The van der Waals surface area contributed by atoms with Crippen molar-refractivity contribution in [3.05, 3.63) is 32.8 Å². The van der Waals surface area contributed by atoms with E-state index in [2.05, 4.69) is 21.2 Å². The van der Waals surface area contributed by atoms with Gasteiger partial charge in [0.15, 0.2) is 0 Å². The van der Waals surface area contributed by atoms with Crippen molar-refractivity contribution >= 4 is 21.6 Å². The summed E-state index contributed by atoms with van der Waals surface area (Å²) < 4.78 is 6.44. The first-order valence-corrected chi connectivity index (χ1v) is 6.27. The lowest BCUT2D eigenvalue weighted by Crippen LogP contribution is -2.34. The molecule has 1 aromatic carbocycles. The largest absolute Gasteiger partial charge is 0.489 e. The van der Waals surface area contributed by atoms with E-state index in [4.69, 9.17) is 4.74 Å². The lowest BCUT2D eigenvalue weighted by atomic mass is 10.1. The highest BCUT2D eigenvalue weighted by Gasteiger charge is 2.17. The number of non-ortho nitro benzene ring substituents is 1. The number of ether oxygens (including phenoxy) is 1. The molecule has 1 saturated heterocycles. The zero-order valence-corrected chi connectivity index (χ0v) is 10.8. The summed E-state index contributed by atoms with van der Waals surface area (Å²) in [4.78, 5) is 10.2. The minimum Gasteiger partial charge on any atom is -0.489 e. The van der Waals surface area contributed by atoms with Crippen LogP contribution in [0, 0.1) is 10.1 Å². The van der Waals surface area contributed by atoms with E-state index in [-0.39, 0.29) is 11.8 Å². The van der Waals surface area contributed by atoms with Crippen molar-refractivity contribution in [1.29, 1.82) is 0 Å². The molecule has 1 fully saturated rings. The predicted molar refractivity (Wildman–Crippen MR) is 67.3 cm³/mol. The molecule has 0 aromatic heterocycles. The fourth-order valence-corrected chi connectivity index (χ4v) is 2.25. The van der Waals surface area contributed by atoms with Gasteiger partial charge in [-0.3, -0.25) is 10.1 Å². The number of nitrogens with one attached hydrogen (secondary N) is 1. The molecular weight excluding hydrogens is 288 g/mol. The number of nitro groups is 1. The zero-order chi connectivity index (χ0) is 12.3. The molecule has 1 aromatic rings. The van der Waals surface area contributed by atoms with Crippen LogP contribution in [0.25, 0.3) is 0 Å². The van der Waals surface area contributed by atoms with E-state index in [1.807, 2.05) is 0 Å². The molecule has 0 bridgehead atoms. The molecular formula is C11H13BrN2O3. The van der Waals surface area contributed by atoms with Crippen molar-refractivity contribution in [1.82, 2.24) is 5.32 Å². The third kappa shape index (κ3) is 3.17. The van der Waals surface area contributed by atoms with Gasteiger partial charge in [0, 0.05) is 12.1 Å². The minimum absolute atomic E-state index is 0.0644. The highest BCUT2D eigenvalue weighted by Crippen LogP contribution is 2.30. The molecule has 0 spiro atoms. The Labute approximate surface area is 107 Å². The molecule has 6 heteroatoms. The van der Waals surface area contributed by atoms with Gasteiger partial charge < -0.3 is 10.1 Å². The third-order valence-electron chi connectivity index (χ3n) is 2.71. The first kappa shape index (κ1) is 12.3.